The maximum absolute atomic E-state index is 2.37. The first-order chi connectivity index (χ1) is 7.31. The fourth-order valence-electron chi connectivity index (χ4n) is 2.02. The number of aryl methyl sites for hydroxylation is 2. The molecule has 0 N–H and O–H groups in total. The van der Waals surface area contributed by atoms with Gasteiger partial charge in [-0.3, -0.25) is 0 Å². The minimum absolute atomic E-state index is 1.15. The Morgan fingerprint density at radius 3 is 2.80 bits per heavy atom. The number of aromatic nitrogens is 1. The molecule has 1 heteroatoms. The first-order valence-electron chi connectivity index (χ1n) is 5.87. The average molecular weight is 201 g/mol. The van der Waals surface area contributed by atoms with Crippen LogP contribution in [-0.2, 0) is 6.54 Å². The monoisotopic (exact) mass is 201 g/mol. The molecule has 0 bridgehead atoms. The highest BCUT2D eigenvalue weighted by Crippen LogP contribution is 2.18. The first kappa shape index (κ1) is 10.3. The van der Waals surface area contributed by atoms with E-state index in [2.05, 4.69) is 48.9 Å². The molecule has 0 aliphatic carbocycles. The van der Waals surface area contributed by atoms with Crippen LogP contribution in [0.2, 0.25) is 0 Å². The van der Waals surface area contributed by atoms with Crippen molar-refractivity contribution in [1.82, 2.24) is 4.57 Å². The van der Waals surface area contributed by atoms with Crippen LogP contribution in [0.15, 0.2) is 30.5 Å². The van der Waals surface area contributed by atoms with Gasteiger partial charge in [-0.05, 0) is 36.4 Å². The molecule has 0 spiro atoms. The van der Waals surface area contributed by atoms with Crippen molar-refractivity contribution >= 4 is 10.9 Å². The van der Waals surface area contributed by atoms with Gasteiger partial charge in [0.15, 0.2) is 0 Å². The lowest BCUT2D eigenvalue weighted by Gasteiger charge is -2.05. The van der Waals surface area contributed by atoms with Crippen molar-refractivity contribution in [1.29, 1.82) is 0 Å². The van der Waals surface area contributed by atoms with E-state index in [1.165, 1.54) is 35.7 Å². The van der Waals surface area contributed by atoms with Gasteiger partial charge in [-0.25, -0.2) is 0 Å². The Morgan fingerprint density at radius 2 is 2.00 bits per heavy atom. The van der Waals surface area contributed by atoms with Crippen molar-refractivity contribution in [2.24, 2.45) is 0 Å². The third kappa shape index (κ3) is 2.23. The van der Waals surface area contributed by atoms with Crippen molar-refractivity contribution in [2.45, 2.75) is 39.7 Å². The topological polar surface area (TPSA) is 4.93 Å². The van der Waals surface area contributed by atoms with Crippen molar-refractivity contribution < 1.29 is 0 Å². The van der Waals surface area contributed by atoms with Gasteiger partial charge in [0.25, 0.3) is 0 Å². The zero-order valence-corrected chi connectivity index (χ0v) is 9.66. The van der Waals surface area contributed by atoms with E-state index in [0.29, 0.717) is 0 Å². The lowest BCUT2D eigenvalue weighted by Crippen LogP contribution is -1.95. The lowest BCUT2D eigenvalue weighted by atomic mass is 10.2. The van der Waals surface area contributed by atoms with E-state index in [-0.39, 0.29) is 0 Å². The number of hydrogen-bond donors (Lipinski definition) is 0. The average Bonchev–Trinajstić information content (AvgIpc) is 2.62. The molecule has 15 heavy (non-hydrogen) atoms. The summed E-state index contributed by atoms with van der Waals surface area (Å²) in [4.78, 5) is 0. The Bertz CT molecular complexity index is 440. The van der Waals surface area contributed by atoms with E-state index in [1.807, 2.05) is 0 Å². The molecule has 0 aliphatic rings. The van der Waals surface area contributed by atoms with E-state index >= 15 is 0 Å². The summed E-state index contributed by atoms with van der Waals surface area (Å²) in [5, 5.41) is 1.36. The molecule has 0 unspecified atom stereocenters. The normalized spacial score (nSPS) is 11.1. The van der Waals surface area contributed by atoms with Crippen molar-refractivity contribution in [2.75, 3.05) is 0 Å². The van der Waals surface area contributed by atoms with E-state index < -0.39 is 0 Å². The highest BCUT2D eigenvalue weighted by Gasteiger charge is 2.00. The fraction of sp³-hybridized carbons (Fsp3) is 0.429. The molecule has 1 aromatic carbocycles. The van der Waals surface area contributed by atoms with Crippen LogP contribution in [0.25, 0.3) is 10.9 Å². The maximum Gasteiger partial charge on any atom is 0.0482 e. The van der Waals surface area contributed by atoms with Crippen LogP contribution in [0.4, 0.5) is 0 Å². The van der Waals surface area contributed by atoms with Gasteiger partial charge in [0, 0.05) is 18.3 Å². The predicted octanol–water partition coefficient (Wildman–Crippen LogP) is 4.14. The molecule has 0 amide bonds. The molecule has 0 atom stereocenters. The quantitative estimate of drug-likeness (QED) is 0.655. The van der Waals surface area contributed by atoms with E-state index in [1.54, 1.807) is 0 Å². The van der Waals surface area contributed by atoms with Crippen LogP contribution >= 0.6 is 0 Å². The summed E-state index contributed by atoms with van der Waals surface area (Å²) in [6.07, 6.45) is 6.11. The van der Waals surface area contributed by atoms with E-state index in [0.717, 1.165) is 6.54 Å². The molecular weight excluding hydrogens is 182 g/mol. The van der Waals surface area contributed by atoms with Crippen LogP contribution in [0.5, 0.6) is 0 Å². The third-order valence-corrected chi connectivity index (χ3v) is 2.93. The molecule has 0 radical (unpaired) electrons. The molecule has 0 saturated carbocycles. The number of hydrogen-bond acceptors (Lipinski definition) is 0. The second kappa shape index (κ2) is 4.52. The predicted molar refractivity (Wildman–Crippen MR) is 66.2 cm³/mol. The maximum atomic E-state index is 2.37. The van der Waals surface area contributed by atoms with Crippen LogP contribution in [0, 0.1) is 6.92 Å². The molecule has 1 nitrogen and oxygen atoms in total. The summed E-state index contributed by atoms with van der Waals surface area (Å²) >= 11 is 0. The van der Waals surface area contributed by atoms with E-state index in [9.17, 15) is 0 Å². The van der Waals surface area contributed by atoms with Crippen molar-refractivity contribution in [3.05, 3.63) is 36.0 Å². The van der Waals surface area contributed by atoms with Crippen LogP contribution in [0.1, 0.15) is 31.7 Å². The summed E-state index contributed by atoms with van der Waals surface area (Å²) < 4.78 is 2.37. The van der Waals surface area contributed by atoms with Crippen LogP contribution in [-0.4, -0.2) is 4.57 Å². The number of unbranched alkanes of at least 4 members (excludes halogenated alkanes) is 2. The van der Waals surface area contributed by atoms with Crippen molar-refractivity contribution in [3.8, 4) is 0 Å². The highest BCUT2D eigenvalue weighted by atomic mass is 14.9. The number of rotatable bonds is 4. The van der Waals surface area contributed by atoms with Gasteiger partial charge < -0.3 is 4.57 Å². The zero-order valence-electron chi connectivity index (χ0n) is 9.66. The standard InChI is InChI=1S/C14H19N/c1-3-4-5-9-15-10-8-13-7-6-12(2)11-14(13)15/h6-8,10-11H,3-5,9H2,1-2H3. The Hall–Kier alpha value is -1.24. The molecule has 2 rings (SSSR count). The molecular formula is C14H19N. The first-order valence-corrected chi connectivity index (χ1v) is 5.87. The van der Waals surface area contributed by atoms with Crippen LogP contribution < -0.4 is 0 Å². The second-order valence-corrected chi connectivity index (χ2v) is 4.28. The smallest absolute Gasteiger partial charge is 0.0482 e. The summed E-state index contributed by atoms with van der Waals surface area (Å²) in [7, 11) is 0. The van der Waals surface area contributed by atoms with Gasteiger partial charge in [0.2, 0.25) is 0 Å². The molecule has 80 valence electrons. The third-order valence-electron chi connectivity index (χ3n) is 2.93. The van der Waals surface area contributed by atoms with Crippen molar-refractivity contribution in [3.63, 3.8) is 0 Å². The Kier molecular flexibility index (Phi) is 3.10. The summed E-state index contributed by atoms with van der Waals surface area (Å²) in [6, 6.07) is 8.88. The molecule has 0 saturated heterocycles. The molecule has 0 aliphatic heterocycles. The number of fused-ring (bicyclic) bond motifs is 1. The number of nitrogens with zero attached hydrogens (tertiary/aromatic N) is 1. The Morgan fingerprint density at radius 1 is 1.13 bits per heavy atom. The van der Waals surface area contributed by atoms with Gasteiger partial charge in [0.05, 0.1) is 0 Å². The SMILES string of the molecule is CCCCCn1ccc2ccc(C)cc21. The summed E-state index contributed by atoms with van der Waals surface area (Å²) in [6.45, 7) is 5.56. The molecule has 0 fully saturated rings. The summed E-state index contributed by atoms with van der Waals surface area (Å²) in [5.41, 5.74) is 2.73. The fourth-order valence-corrected chi connectivity index (χ4v) is 2.02. The zero-order chi connectivity index (χ0) is 10.7. The Labute approximate surface area is 91.7 Å². The number of benzene rings is 1. The summed E-state index contributed by atoms with van der Waals surface area (Å²) in [5.74, 6) is 0. The molecule has 1 aromatic heterocycles. The minimum Gasteiger partial charge on any atom is -0.347 e. The van der Waals surface area contributed by atoms with E-state index in [4.69, 9.17) is 0 Å². The van der Waals surface area contributed by atoms with Crippen LogP contribution in [0.3, 0.4) is 0 Å². The molecule has 2 aromatic rings. The van der Waals surface area contributed by atoms with Gasteiger partial charge in [-0.15, -0.1) is 0 Å². The minimum atomic E-state index is 1.15. The lowest BCUT2D eigenvalue weighted by molar-refractivity contribution is 0.616. The largest absolute Gasteiger partial charge is 0.347 e. The van der Waals surface area contributed by atoms with Gasteiger partial charge in [0.1, 0.15) is 0 Å². The molecule has 1 heterocycles. The van der Waals surface area contributed by atoms with Gasteiger partial charge >= 0.3 is 0 Å². The second-order valence-electron chi connectivity index (χ2n) is 4.28. The van der Waals surface area contributed by atoms with Gasteiger partial charge in [-0.1, -0.05) is 31.9 Å². The highest BCUT2D eigenvalue weighted by molar-refractivity contribution is 5.80. The Balaban J connectivity index is 2.23. The van der Waals surface area contributed by atoms with Gasteiger partial charge in [-0.2, -0.15) is 0 Å².